The van der Waals surface area contributed by atoms with Crippen LogP contribution in [0.3, 0.4) is 0 Å². The highest BCUT2D eigenvalue weighted by Gasteiger charge is 2.57. The van der Waals surface area contributed by atoms with Crippen molar-refractivity contribution >= 4 is 29.3 Å². The zero-order chi connectivity index (χ0) is 26.1. The molecule has 3 rings (SSSR count). The van der Waals surface area contributed by atoms with Gasteiger partial charge in [-0.15, -0.1) is 0 Å². The van der Waals surface area contributed by atoms with Gasteiger partial charge in [0.1, 0.15) is 11.4 Å². The first-order chi connectivity index (χ1) is 16.3. The van der Waals surface area contributed by atoms with Crippen molar-refractivity contribution < 1.29 is 38.5 Å². The van der Waals surface area contributed by atoms with E-state index in [0.29, 0.717) is 23.3 Å². The fourth-order valence-electron chi connectivity index (χ4n) is 3.96. The molecule has 2 amide bonds. The lowest BCUT2D eigenvalue weighted by molar-refractivity contribution is -0.175. The van der Waals surface area contributed by atoms with Crippen molar-refractivity contribution in [2.75, 3.05) is 27.5 Å². The van der Waals surface area contributed by atoms with Gasteiger partial charge in [-0.1, -0.05) is 12.1 Å². The van der Waals surface area contributed by atoms with E-state index in [0.717, 1.165) is 0 Å². The highest BCUT2D eigenvalue weighted by molar-refractivity contribution is 6.06. The molecule has 0 bridgehead atoms. The van der Waals surface area contributed by atoms with Gasteiger partial charge in [0.15, 0.2) is 6.61 Å². The predicted octanol–water partition coefficient (Wildman–Crippen LogP) is 1.57. The first-order valence-corrected chi connectivity index (χ1v) is 11.3. The number of esters is 2. The van der Waals surface area contributed by atoms with Gasteiger partial charge in [-0.25, -0.2) is 4.79 Å². The number of benzene rings is 1. The van der Waals surface area contributed by atoms with E-state index in [1.165, 1.54) is 9.80 Å². The molecule has 3 atom stereocenters. The van der Waals surface area contributed by atoms with Crippen LogP contribution < -0.4 is 4.74 Å². The van der Waals surface area contributed by atoms with E-state index in [4.69, 9.17) is 14.2 Å². The lowest BCUT2D eigenvalue weighted by atomic mass is 9.82. The highest BCUT2D eigenvalue weighted by Crippen LogP contribution is 2.47. The predicted molar refractivity (Wildman–Crippen MR) is 124 cm³/mol. The van der Waals surface area contributed by atoms with Crippen LogP contribution in [0.5, 0.6) is 5.75 Å². The largest absolute Gasteiger partial charge is 0.484 e. The molecule has 0 spiro atoms. The fourth-order valence-corrected chi connectivity index (χ4v) is 3.96. The molecule has 1 fully saturated rings. The molecule has 1 aromatic carbocycles. The third-order valence-corrected chi connectivity index (χ3v) is 5.98. The summed E-state index contributed by atoms with van der Waals surface area (Å²) in [4.78, 5) is 52.2. The molecular weight excluding hydrogens is 456 g/mol. The second kappa shape index (κ2) is 10.1. The van der Waals surface area contributed by atoms with E-state index in [1.54, 1.807) is 66.1 Å². The van der Waals surface area contributed by atoms with Gasteiger partial charge in [-0.2, -0.15) is 0 Å². The summed E-state index contributed by atoms with van der Waals surface area (Å²) >= 11 is 0. The Balaban J connectivity index is 1.80. The van der Waals surface area contributed by atoms with E-state index >= 15 is 0 Å². The number of aliphatic hydroxyl groups excluding tert-OH is 1. The minimum absolute atomic E-state index is 0.0696. The van der Waals surface area contributed by atoms with E-state index < -0.39 is 36.2 Å². The van der Waals surface area contributed by atoms with Crippen molar-refractivity contribution in [3.8, 4) is 5.75 Å². The number of likely N-dealkylation sites (N-methyl/N-ethyl adjacent to an activating group) is 1. The molecular formula is C25H32N2O8. The van der Waals surface area contributed by atoms with Gasteiger partial charge < -0.3 is 29.1 Å². The Kier molecular flexibility index (Phi) is 7.54. The van der Waals surface area contributed by atoms with Crippen molar-refractivity contribution in [1.82, 2.24) is 9.80 Å². The third kappa shape index (κ3) is 5.48. The Bertz CT molecular complexity index is 1040. The Morgan fingerprint density at radius 1 is 1.14 bits per heavy atom. The van der Waals surface area contributed by atoms with Crippen molar-refractivity contribution in [3.63, 3.8) is 0 Å². The van der Waals surface area contributed by atoms with Gasteiger partial charge in [0.2, 0.25) is 12.7 Å². The van der Waals surface area contributed by atoms with Crippen LogP contribution in [0.25, 0.3) is 5.57 Å². The van der Waals surface area contributed by atoms with Gasteiger partial charge in [0, 0.05) is 14.1 Å². The number of amides is 2. The quantitative estimate of drug-likeness (QED) is 0.332. The van der Waals surface area contributed by atoms with Crippen LogP contribution in [0, 0.1) is 11.3 Å². The molecule has 0 unspecified atom stereocenters. The summed E-state index contributed by atoms with van der Waals surface area (Å²) in [6.07, 6.45) is -0.509. The summed E-state index contributed by atoms with van der Waals surface area (Å²) in [7, 11) is 3.27. The summed E-state index contributed by atoms with van der Waals surface area (Å²) in [6.45, 7) is 5.89. The molecule has 10 nitrogen and oxygen atoms in total. The number of hydrogen-bond acceptors (Lipinski definition) is 8. The Morgan fingerprint density at radius 2 is 1.77 bits per heavy atom. The SMILES string of the molecule is C[C@@H](O)[C@H]1C(=O)N2C(C(=O)OCOC(=O)C(C)(C)C)=C(c3ccc(OCC(=O)N(C)C)cc3)C[C@H]12. The Morgan fingerprint density at radius 3 is 2.31 bits per heavy atom. The Labute approximate surface area is 204 Å². The molecule has 35 heavy (non-hydrogen) atoms. The molecule has 2 heterocycles. The topological polar surface area (TPSA) is 123 Å². The smallest absolute Gasteiger partial charge is 0.358 e. The zero-order valence-corrected chi connectivity index (χ0v) is 20.9. The van der Waals surface area contributed by atoms with Crippen LogP contribution in [0.2, 0.25) is 0 Å². The number of hydrogen-bond donors (Lipinski definition) is 1. The lowest BCUT2D eigenvalue weighted by Crippen LogP contribution is -2.61. The van der Waals surface area contributed by atoms with Crippen LogP contribution >= 0.6 is 0 Å². The third-order valence-electron chi connectivity index (χ3n) is 5.98. The molecule has 0 aliphatic carbocycles. The van der Waals surface area contributed by atoms with E-state index in [-0.39, 0.29) is 30.2 Å². The molecule has 10 heteroatoms. The zero-order valence-electron chi connectivity index (χ0n) is 20.9. The first kappa shape index (κ1) is 26.2. The molecule has 1 aromatic rings. The molecule has 1 N–H and O–H groups in total. The van der Waals surface area contributed by atoms with Crippen LogP contribution in [-0.4, -0.2) is 78.3 Å². The monoisotopic (exact) mass is 488 g/mol. The molecule has 0 saturated carbocycles. The number of β-lactam (4-membered cyclic amide) rings is 1. The number of nitrogens with zero attached hydrogens (tertiary/aromatic N) is 2. The van der Waals surface area contributed by atoms with Crippen molar-refractivity contribution in [3.05, 3.63) is 35.5 Å². The number of aliphatic hydroxyl groups is 1. The molecule has 0 aromatic heterocycles. The number of carbonyl (C=O) groups excluding carboxylic acids is 4. The average molecular weight is 489 g/mol. The van der Waals surface area contributed by atoms with E-state index in [1.807, 2.05) is 0 Å². The fraction of sp³-hybridized carbons (Fsp3) is 0.520. The normalized spacial score (nSPS) is 20.1. The van der Waals surface area contributed by atoms with E-state index in [9.17, 15) is 24.3 Å². The van der Waals surface area contributed by atoms with E-state index in [2.05, 4.69) is 0 Å². The van der Waals surface area contributed by atoms with Crippen LogP contribution in [0.1, 0.15) is 39.7 Å². The maximum atomic E-state index is 13.0. The summed E-state index contributed by atoms with van der Waals surface area (Å²) in [5.41, 5.74) is 0.560. The average Bonchev–Trinajstić information content (AvgIpc) is 3.11. The van der Waals surface area contributed by atoms with Crippen LogP contribution in [0.15, 0.2) is 30.0 Å². The van der Waals surface area contributed by atoms with Crippen LogP contribution in [0.4, 0.5) is 0 Å². The maximum absolute atomic E-state index is 13.0. The second-order valence-corrected chi connectivity index (χ2v) is 9.91. The van der Waals surface area contributed by atoms with Gasteiger partial charge in [0.25, 0.3) is 5.91 Å². The minimum atomic E-state index is -0.863. The summed E-state index contributed by atoms with van der Waals surface area (Å²) < 4.78 is 15.7. The molecule has 2 aliphatic heterocycles. The maximum Gasteiger partial charge on any atom is 0.358 e. The van der Waals surface area contributed by atoms with Crippen LogP contribution in [-0.2, 0) is 28.7 Å². The van der Waals surface area contributed by atoms with Gasteiger partial charge in [-0.05, 0) is 57.4 Å². The van der Waals surface area contributed by atoms with Gasteiger partial charge in [-0.3, -0.25) is 14.4 Å². The summed E-state index contributed by atoms with van der Waals surface area (Å²) in [5, 5.41) is 10.0. The highest BCUT2D eigenvalue weighted by atomic mass is 16.7. The number of carbonyl (C=O) groups is 4. The van der Waals surface area contributed by atoms with Gasteiger partial charge in [0.05, 0.1) is 23.5 Å². The number of ether oxygens (including phenoxy) is 3. The molecule has 1 saturated heterocycles. The first-order valence-electron chi connectivity index (χ1n) is 11.3. The second-order valence-electron chi connectivity index (χ2n) is 9.91. The summed E-state index contributed by atoms with van der Waals surface area (Å²) in [6, 6.07) is 6.42. The molecule has 0 radical (unpaired) electrons. The summed E-state index contributed by atoms with van der Waals surface area (Å²) in [5.74, 6) is -2.01. The van der Waals surface area contributed by atoms with Gasteiger partial charge >= 0.3 is 11.9 Å². The van der Waals surface area contributed by atoms with Crippen molar-refractivity contribution in [1.29, 1.82) is 0 Å². The van der Waals surface area contributed by atoms with Crippen molar-refractivity contribution in [2.24, 2.45) is 11.3 Å². The number of rotatable bonds is 8. The van der Waals surface area contributed by atoms with Crippen molar-refractivity contribution in [2.45, 2.75) is 46.3 Å². The molecule has 2 aliphatic rings. The lowest BCUT2D eigenvalue weighted by Gasteiger charge is -2.44. The number of fused-ring (bicyclic) bond motifs is 1. The molecule has 190 valence electrons. The minimum Gasteiger partial charge on any atom is -0.484 e. The standard InChI is InChI=1S/C25H32N2O8/c1-14(28)20-18-11-17(15-7-9-16(10-8-15)33-12-19(29)26(5)6)21(27(18)22(20)30)23(31)34-13-35-24(32)25(2,3)4/h7-10,14,18,20,28H,11-13H2,1-6H3/t14-,18-,20-/m1/s1. The Hall–Kier alpha value is -3.40.